The molecule has 122 valence electrons. The third-order valence-electron chi connectivity index (χ3n) is 3.35. The predicted octanol–water partition coefficient (Wildman–Crippen LogP) is 0.733. The van der Waals surface area contributed by atoms with Crippen LogP contribution in [0.5, 0.6) is 5.75 Å². The standard InChI is InChI=1S/C15H13N5O4/c1-24-9-4-2-8(3-5-9)12(23)14-18-13(16)11-15(19-14)20(7-17-11)6-10(21)22/h2-5,7H,6H2,1H3,(H,21,22)(H2,16,18,19). The highest BCUT2D eigenvalue weighted by molar-refractivity contribution is 6.07. The summed E-state index contributed by atoms with van der Waals surface area (Å²) in [6.45, 7) is -0.344. The van der Waals surface area contributed by atoms with Crippen molar-refractivity contribution in [1.82, 2.24) is 19.5 Å². The SMILES string of the molecule is COc1ccc(C(=O)c2nc(N)c3ncn(CC(=O)O)c3n2)cc1. The first-order valence-electron chi connectivity index (χ1n) is 6.88. The van der Waals surface area contributed by atoms with E-state index in [-0.39, 0.29) is 29.4 Å². The number of carbonyl (C=O) groups is 2. The van der Waals surface area contributed by atoms with Gasteiger partial charge >= 0.3 is 5.97 Å². The number of nitrogens with two attached hydrogens (primary N) is 1. The molecule has 0 bridgehead atoms. The van der Waals surface area contributed by atoms with E-state index in [1.54, 1.807) is 24.3 Å². The molecule has 9 nitrogen and oxygen atoms in total. The molecule has 0 aliphatic carbocycles. The number of ketones is 1. The third kappa shape index (κ3) is 2.74. The molecule has 0 aliphatic rings. The zero-order chi connectivity index (χ0) is 17.3. The van der Waals surface area contributed by atoms with Gasteiger partial charge in [0, 0.05) is 5.56 Å². The minimum absolute atomic E-state index is 0.0148. The molecule has 0 fully saturated rings. The molecule has 3 N–H and O–H groups in total. The molecule has 0 amide bonds. The lowest BCUT2D eigenvalue weighted by atomic mass is 10.1. The second kappa shape index (κ2) is 5.95. The summed E-state index contributed by atoms with van der Waals surface area (Å²) < 4.78 is 6.34. The number of hydrogen-bond donors (Lipinski definition) is 2. The van der Waals surface area contributed by atoms with Crippen LogP contribution in [-0.2, 0) is 11.3 Å². The lowest BCUT2D eigenvalue weighted by Crippen LogP contribution is -2.12. The Bertz CT molecular complexity index is 933. The minimum atomic E-state index is -1.06. The quantitative estimate of drug-likeness (QED) is 0.655. The maximum atomic E-state index is 12.5. The molecule has 0 unspecified atom stereocenters. The number of imidazole rings is 1. The van der Waals surface area contributed by atoms with Crippen LogP contribution < -0.4 is 10.5 Å². The van der Waals surface area contributed by atoms with Gasteiger partial charge < -0.3 is 20.1 Å². The van der Waals surface area contributed by atoms with Gasteiger partial charge in [-0.25, -0.2) is 15.0 Å². The molecule has 0 radical (unpaired) electrons. The molecule has 3 aromatic rings. The van der Waals surface area contributed by atoms with Crippen molar-refractivity contribution in [1.29, 1.82) is 0 Å². The van der Waals surface area contributed by atoms with Crippen LogP contribution in [0.15, 0.2) is 30.6 Å². The molecule has 24 heavy (non-hydrogen) atoms. The first-order valence-corrected chi connectivity index (χ1v) is 6.88. The molecular weight excluding hydrogens is 314 g/mol. The second-order valence-electron chi connectivity index (χ2n) is 4.93. The molecular formula is C15H13N5O4. The second-order valence-corrected chi connectivity index (χ2v) is 4.93. The number of rotatable bonds is 5. The number of carboxylic acids is 1. The molecule has 0 saturated carbocycles. The fourth-order valence-corrected chi connectivity index (χ4v) is 2.20. The van der Waals surface area contributed by atoms with Crippen molar-refractivity contribution in [3.8, 4) is 5.75 Å². The summed E-state index contributed by atoms with van der Waals surface area (Å²) in [5, 5.41) is 8.92. The van der Waals surface area contributed by atoms with E-state index in [1.165, 1.54) is 18.0 Å². The largest absolute Gasteiger partial charge is 0.497 e. The smallest absolute Gasteiger partial charge is 0.323 e. The van der Waals surface area contributed by atoms with Gasteiger partial charge in [0.25, 0.3) is 0 Å². The van der Waals surface area contributed by atoms with E-state index in [9.17, 15) is 9.59 Å². The number of carboxylic acid groups (broad SMARTS) is 1. The number of ether oxygens (including phenoxy) is 1. The van der Waals surface area contributed by atoms with Crippen molar-refractivity contribution in [2.24, 2.45) is 0 Å². The number of anilines is 1. The van der Waals surface area contributed by atoms with Crippen molar-refractivity contribution in [3.63, 3.8) is 0 Å². The molecule has 0 atom stereocenters. The molecule has 1 aromatic carbocycles. The summed E-state index contributed by atoms with van der Waals surface area (Å²) in [6, 6.07) is 6.45. The number of carbonyl (C=O) groups excluding carboxylic acids is 1. The zero-order valence-corrected chi connectivity index (χ0v) is 12.6. The first kappa shape index (κ1) is 15.4. The maximum Gasteiger partial charge on any atom is 0.323 e. The van der Waals surface area contributed by atoms with Crippen molar-refractivity contribution < 1.29 is 19.4 Å². The Balaban J connectivity index is 2.04. The molecule has 0 saturated heterocycles. The van der Waals surface area contributed by atoms with Crippen LogP contribution in [0, 0.1) is 0 Å². The number of methoxy groups -OCH3 is 1. The summed E-state index contributed by atoms with van der Waals surface area (Å²) in [4.78, 5) is 35.5. The highest BCUT2D eigenvalue weighted by Gasteiger charge is 2.18. The maximum absolute atomic E-state index is 12.5. The highest BCUT2D eigenvalue weighted by Crippen LogP contribution is 2.19. The van der Waals surface area contributed by atoms with E-state index in [1.807, 2.05) is 0 Å². The lowest BCUT2D eigenvalue weighted by Gasteiger charge is -2.05. The Labute approximate surface area is 135 Å². The van der Waals surface area contributed by atoms with E-state index in [2.05, 4.69) is 15.0 Å². The Morgan fingerprint density at radius 2 is 1.96 bits per heavy atom. The summed E-state index contributed by atoms with van der Waals surface area (Å²) in [7, 11) is 1.53. The van der Waals surface area contributed by atoms with E-state index < -0.39 is 11.8 Å². The lowest BCUT2D eigenvalue weighted by molar-refractivity contribution is -0.137. The fourth-order valence-electron chi connectivity index (χ4n) is 2.20. The van der Waals surface area contributed by atoms with Crippen LogP contribution >= 0.6 is 0 Å². The zero-order valence-electron chi connectivity index (χ0n) is 12.6. The summed E-state index contributed by atoms with van der Waals surface area (Å²) in [5.74, 6) is -0.996. The van der Waals surface area contributed by atoms with Gasteiger partial charge in [-0.1, -0.05) is 0 Å². The van der Waals surface area contributed by atoms with Crippen LogP contribution in [0.4, 0.5) is 5.82 Å². The Kier molecular flexibility index (Phi) is 3.82. The number of fused-ring (bicyclic) bond motifs is 1. The van der Waals surface area contributed by atoms with Gasteiger partial charge in [0.2, 0.25) is 11.6 Å². The molecule has 2 heterocycles. The van der Waals surface area contributed by atoms with E-state index in [0.29, 0.717) is 11.3 Å². The van der Waals surface area contributed by atoms with Crippen LogP contribution in [0.1, 0.15) is 16.2 Å². The Hall–Kier alpha value is -3.49. The van der Waals surface area contributed by atoms with Crippen molar-refractivity contribution in [2.75, 3.05) is 12.8 Å². The Morgan fingerprint density at radius 1 is 1.25 bits per heavy atom. The summed E-state index contributed by atoms with van der Waals surface area (Å²) in [6.07, 6.45) is 1.30. The van der Waals surface area contributed by atoms with Crippen molar-refractivity contribution in [3.05, 3.63) is 42.0 Å². The molecule has 0 aliphatic heterocycles. The predicted molar refractivity (Wildman–Crippen MR) is 83.8 cm³/mol. The van der Waals surface area contributed by atoms with Gasteiger partial charge in [0.15, 0.2) is 11.5 Å². The van der Waals surface area contributed by atoms with Crippen LogP contribution in [-0.4, -0.2) is 43.5 Å². The normalized spacial score (nSPS) is 10.7. The van der Waals surface area contributed by atoms with E-state index in [4.69, 9.17) is 15.6 Å². The van der Waals surface area contributed by atoms with Crippen molar-refractivity contribution in [2.45, 2.75) is 6.54 Å². The number of aromatic nitrogens is 4. The van der Waals surface area contributed by atoms with Crippen LogP contribution in [0.3, 0.4) is 0 Å². The monoisotopic (exact) mass is 327 g/mol. The van der Waals surface area contributed by atoms with Crippen LogP contribution in [0.2, 0.25) is 0 Å². The van der Waals surface area contributed by atoms with Gasteiger partial charge in [0.1, 0.15) is 17.8 Å². The summed E-state index contributed by atoms with van der Waals surface area (Å²) in [5.41, 5.74) is 6.62. The topological polar surface area (TPSA) is 133 Å². The number of aliphatic carboxylic acids is 1. The molecule has 9 heteroatoms. The molecule has 3 rings (SSSR count). The van der Waals surface area contributed by atoms with E-state index >= 15 is 0 Å². The fraction of sp³-hybridized carbons (Fsp3) is 0.133. The molecule has 0 spiro atoms. The van der Waals surface area contributed by atoms with Gasteiger partial charge in [-0.3, -0.25) is 9.59 Å². The number of nitrogen functional groups attached to an aromatic ring is 1. The third-order valence-corrected chi connectivity index (χ3v) is 3.35. The van der Waals surface area contributed by atoms with Gasteiger partial charge in [-0.05, 0) is 24.3 Å². The average Bonchev–Trinajstić information content (AvgIpc) is 2.97. The van der Waals surface area contributed by atoms with Crippen LogP contribution in [0.25, 0.3) is 11.2 Å². The highest BCUT2D eigenvalue weighted by atomic mass is 16.5. The number of benzene rings is 1. The number of nitrogens with zero attached hydrogens (tertiary/aromatic N) is 4. The minimum Gasteiger partial charge on any atom is -0.497 e. The average molecular weight is 327 g/mol. The van der Waals surface area contributed by atoms with E-state index in [0.717, 1.165) is 0 Å². The van der Waals surface area contributed by atoms with Gasteiger partial charge in [-0.15, -0.1) is 0 Å². The van der Waals surface area contributed by atoms with Crippen molar-refractivity contribution >= 4 is 28.7 Å². The van der Waals surface area contributed by atoms with Gasteiger partial charge in [-0.2, -0.15) is 0 Å². The van der Waals surface area contributed by atoms with Gasteiger partial charge in [0.05, 0.1) is 13.4 Å². The Morgan fingerprint density at radius 3 is 2.58 bits per heavy atom. The number of hydrogen-bond acceptors (Lipinski definition) is 7. The first-order chi connectivity index (χ1) is 11.5. The molecule has 2 aromatic heterocycles. The summed E-state index contributed by atoms with van der Waals surface area (Å²) >= 11 is 0.